The van der Waals surface area contributed by atoms with Crippen molar-refractivity contribution in [2.75, 3.05) is 0 Å². The summed E-state index contributed by atoms with van der Waals surface area (Å²) < 4.78 is 5.55. The maximum absolute atomic E-state index is 10.3. The Morgan fingerprint density at radius 3 is 2.75 bits per heavy atom. The molecule has 3 nitrogen and oxygen atoms in total. The van der Waals surface area contributed by atoms with E-state index in [0.29, 0.717) is 11.7 Å². The van der Waals surface area contributed by atoms with Crippen LogP contribution in [0.5, 0.6) is 0 Å². The normalized spacial score (nSPS) is 11.4. The molecule has 0 aliphatic heterocycles. The molecule has 0 spiro atoms. The maximum Gasteiger partial charge on any atom is 0.226 e. The van der Waals surface area contributed by atoms with E-state index in [1.54, 1.807) is 6.20 Å². The van der Waals surface area contributed by atoms with E-state index in [2.05, 4.69) is 4.98 Å². The number of hydrogen-bond donors (Lipinski definition) is 0. The smallest absolute Gasteiger partial charge is 0.226 e. The summed E-state index contributed by atoms with van der Waals surface area (Å²) in [5.74, 6) is 1.18. The van der Waals surface area contributed by atoms with Crippen LogP contribution in [-0.2, 0) is 4.79 Å². The van der Waals surface area contributed by atoms with Gasteiger partial charge in [-0.1, -0.05) is 18.2 Å². The number of carbonyl (C=O) groups excluding carboxylic acids is 1. The molecular formula is C13H11NO2. The summed E-state index contributed by atoms with van der Waals surface area (Å²) in [7, 11) is 0. The predicted molar refractivity (Wildman–Crippen MR) is 61.7 cm³/mol. The first kappa shape index (κ1) is 10.4. The zero-order valence-electron chi connectivity index (χ0n) is 8.88. The second kappa shape index (κ2) is 4.57. The van der Waals surface area contributed by atoms with Gasteiger partial charge in [-0.15, -0.1) is 0 Å². The highest BCUT2D eigenvalue weighted by Gasteiger charge is 2.06. The van der Waals surface area contributed by atoms with E-state index in [1.807, 2.05) is 37.3 Å². The SMILES string of the molecule is C/C(=C/C=O)c1cnc(-c2ccccc2)o1. The van der Waals surface area contributed by atoms with Crippen LogP contribution in [-0.4, -0.2) is 11.3 Å². The van der Waals surface area contributed by atoms with Gasteiger partial charge in [-0.25, -0.2) is 4.98 Å². The third kappa shape index (κ3) is 2.08. The lowest BCUT2D eigenvalue weighted by atomic mass is 10.2. The fraction of sp³-hybridized carbons (Fsp3) is 0.0769. The van der Waals surface area contributed by atoms with Gasteiger partial charge in [-0.2, -0.15) is 0 Å². The van der Waals surface area contributed by atoms with Gasteiger partial charge in [0.2, 0.25) is 5.89 Å². The van der Waals surface area contributed by atoms with Crippen LogP contribution in [0.1, 0.15) is 12.7 Å². The standard InChI is InChI=1S/C13H11NO2/c1-10(7-8-15)12-9-14-13(16-12)11-5-3-2-4-6-11/h2-9H,1H3/b10-7-. The largest absolute Gasteiger partial charge is 0.436 e. The summed E-state index contributed by atoms with van der Waals surface area (Å²) in [5, 5.41) is 0. The summed E-state index contributed by atoms with van der Waals surface area (Å²) >= 11 is 0. The Morgan fingerprint density at radius 2 is 2.06 bits per heavy atom. The molecule has 2 aromatic rings. The molecule has 2 rings (SSSR count). The number of carbonyl (C=O) groups is 1. The van der Waals surface area contributed by atoms with Crippen LogP contribution in [0.4, 0.5) is 0 Å². The van der Waals surface area contributed by atoms with Crippen molar-refractivity contribution in [2.24, 2.45) is 0 Å². The molecule has 0 saturated heterocycles. The van der Waals surface area contributed by atoms with E-state index < -0.39 is 0 Å². The first-order valence-corrected chi connectivity index (χ1v) is 4.95. The summed E-state index contributed by atoms with van der Waals surface area (Å²) in [5.41, 5.74) is 1.69. The fourth-order valence-corrected chi connectivity index (χ4v) is 1.35. The molecule has 3 heteroatoms. The van der Waals surface area contributed by atoms with Crippen LogP contribution in [0, 0.1) is 0 Å². The van der Waals surface area contributed by atoms with Crippen molar-refractivity contribution in [1.29, 1.82) is 0 Å². The van der Waals surface area contributed by atoms with Crippen molar-refractivity contribution in [3.05, 3.63) is 48.4 Å². The highest BCUT2D eigenvalue weighted by Crippen LogP contribution is 2.22. The van der Waals surface area contributed by atoms with Gasteiger partial charge in [0.1, 0.15) is 6.29 Å². The van der Waals surface area contributed by atoms with E-state index in [0.717, 1.165) is 17.4 Å². The lowest BCUT2D eigenvalue weighted by Gasteiger charge is -1.94. The second-order valence-electron chi connectivity index (χ2n) is 3.38. The molecular weight excluding hydrogens is 202 g/mol. The minimum absolute atomic E-state index is 0.564. The van der Waals surface area contributed by atoms with Gasteiger partial charge < -0.3 is 4.42 Å². The molecule has 0 aliphatic carbocycles. The summed E-state index contributed by atoms with van der Waals surface area (Å²) in [6.45, 7) is 1.81. The van der Waals surface area contributed by atoms with Gasteiger partial charge in [0.25, 0.3) is 0 Å². The molecule has 0 amide bonds. The van der Waals surface area contributed by atoms with Crippen LogP contribution in [0.25, 0.3) is 17.0 Å². The lowest BCUT2D eigenvalue weighted by molar-refractivity contribution is -0.104. The molecule has 0 aliphatic rings. The topological polar surface area (TPSA) is 43.1 Å². The zero-order valence-corrected chi connectivity index (χ0v) is 8.88. The first-order valence-electron chi connectivity index (χ1n) is 4.95. The Hall–Kier alpha value is -2.16. The third-order valence-corrected chi connectivity index (χ3v) is 2.23. The summed E-state index contributed by atoms with van der Waals surface area (Å²) in [4.78, 5) is 14.5. The van der Waals surface area contributed by atoms with E-state index in [1.165, 1.54) is 6.08 Å². The van der Waals surface area contributed by atoms with Crippen LogP contribution in [0.2, 0.25) is 0 Å². The first-order chi connectivity index (χ1) is 7.81. The van der Waals surface area contributed by atoms with Crippen LogP contribution < -0.4 is 0 Å². The average molecular weight is 213 g/mol. The van der Waals surface area contributed by atoms with Gasteiger partial charge >= 0.3 is 0 Å². The highest BCUT2D eigenvalue weighted by atomic mass is 16.4. The van der Waals surface area contributed by atoms with Crippen LogP contribution in [0.15, 0.2) is 47.0 Å². The number of hydrogen-bond acceptors (Lipinski definition) is 3. The fourth-order valence-electron chi connectivity index (χ4n) is 1.35. The number of allylic oxidation sites excluding steroid dienone is 2. The Kier molecular flexibility index (Phi) is 2.96. The molecule has 0 bridgehead atoms. The molecule has 0 atom stereocenters. The van der Waals surface area contributed by atoms with E-state index in [4.69, 9.17) is 4.42 Å². The molecule has 0 radical (unpaired) electrons. The Labute approximate surface area is 93.4 Å². The summed E-state index contributed by atoms with van der Waals surface area (Å²) in [6.07, 6.45) is 3.81. The number of nitrogens with zero attached hydrogens (tertiary/aromatic N) is 1. The molecule has 1 aromatic carbocycles. The lowest BCUT2D eigenvalue weighted by Crippen LogP contribution is -1.75. The number of aromatic nitrogens is 1. The molecule has 16 heavy (non-hydrogen) atoms. The second-order valence-corrected chi connectivity index (χ2v) is 3.38. The van der Waals surface area contributed by atoms with Crippen molar-refractivity contribution >= 4 is 11.9 Å². The molecule has 0 fully saturated rings. The van der Waals surface area contributed by atoms with Crippen molar-refractivity contribution in [3.63, 3.8) is 0 Å². The Bertz CT molecular complexity index is 512. The van der Waals surface area contributed by atoms with Gasteiger partial charge in [-0.05, 0) is 30.7 Å². The van der Waals surface area contributed by atoms with E-state index >= 15 is 0 Å². The third-order valence-electron chi connectivity index (χ3n) is 2.23. The van der Waals surface area contributed by atoms with Gasteiger partial charge in [0.05, 0.1) is 6.20 Å². The van der Waals surface area contributed by atoms with Crippen molar-refractivity contribution < 1.29 is 9.21 Å². The van der Waals surface area contributed by atoms with E-state index in [-0.39, 0.29) is 0 Å². The highest BCUT2D eigenvalue weighted by molar-refractivity contribution is 5.79. The van der Waals surface area contributed by atoms with Crippen molar-refractivity contribution in [3.8, 4) is 11.5 Å². The van der Waals surface area contributed by atoms with Crippen molar-refractivity contribution in [2.45, 2.75) is 6.92 Å². The minimum Gasteiger partial charge on any atom is -0.436 e. The number of oxazole rings is 1. The quantitative estimate of drug-likeness (QED) is 0.581. The zero-order chi connectivity index (χ0) is 11.4. The predicted octanol–water partition coefficient (Wildman–Crippen LogP) is 2.94. The molecule has 0 N–H and O–H groups in total. The summed E-state index contributed by atoms with van der Waals surface area (Å²) in [6, 6.07) is 9.63. The molecule has 1 heterocycles. The van der Waals surface area contributed by atoms with E-state index in [9.17, 15) is 4.79 Å². The average Bonchev–Trinajstić information content (AvgIpc) is 2.80. The molecule has 0 unspecified atom stereocenters. The molecule has 80 valence electrons. The monoisotopic (exact) mass is 213 g/mol. The Balaban J connectivity index is 2.34. The Morgan fingerprint density at radius 1 is 1.31 bits per heavy atom. The van der Waals surface area contributed by atoms with Crippen LogP contribution in [0.3, 0.4) is 0 Å². The van der Waals surface area contributed by atoms with Gasteiger partial charge in [0, 0.05) is 5.56 Å². The van der Waals surface area contributed by atoms with Crippen molar-refractivity contribution in [1.82, 2.24) is 4.98 Å². The minimum atomic E-state index is 0.564. The number of rotatable bonds is 3. The maximum atomic E-state index is 10.3. The molecule has 1 aromatic heterocycles. The number of aldehydes is 1. The van der Waals surface area contributed by atoms with Gasteiger partial charge in [0.15, 0.2) is 5.76 Å². The van der Waals surface area contributed by atoms with Crippen LogP contribution >= 0.6 is 0 Å². The van der Waals surface area contributed by atoms with Gasteiger partial charge in [-0.3, -0.25) is 4.79 Å². The molecule has 0 saturated carbocycles. The number of benzene rings is 1.